The average Bonchev–Trinajstić information content (AvgIpc) is 2.85. The molecule has 2 aromatic rings. The maximum absolute atomic E-state index is 12.2. The summed E-state index contributed by atoms with van der Waals surface area (Å²) in [5.74, 6) is 0.823. The fourth-order valence-electron chi connectivity index (χ4n) is 2.22. The van der Waals surface area contributed by atoms with Gasteiger partial charge in [-0.3, -0.25) is 4.79 Å². The van der Waals surface area contributed by atoms with E-state index in [1.54, 1.807) is 0 Å². The number of nitrogens with one attached hydrogen (secondary N) is 2. The van der Waals surface area contributed by atoms with Crippen LogP contribution in [0, 0.1) is 5.41 Å². The number of hydrogen-bond donors (Lipinski definition) is 3. The van der Waals surface area contributed by atoms with Gasteiger partial charge >= 0.3 is 0 Å². The van der Waals surface area contributed by atoms with Crippen molar-refractivity contribution < 1.29 is 4.79 Å². The van der Waals surface area contributed by atoms with Gasteiger partial charge in [-0.25, -0.2) is 4.98 Å². The summed E-state index contributed by atoms with van der Waals surface area (Å²) in [6.07, 6.45) is 3.20. The van der Waals surface area contributed by atoms with Crippen molar-refractivity contribution in [2.24, 2.45) is 11.1 Å². The molecular formula is C17H26N4O. The first-order valence-corrected chi connectivity index (χ1v) is 7.86. The van der Waals surface area contributed by atoms with Gasteiger partial charge in [0.1, 0.15) is 5.82 Å². The summed E-state index contributed by atoms with van der Waals surface area (Å²) in [5.41, 5.74) is 8.31. The summed E-state index contributed by atoms with van der Waals surface area (Å²) in [4.78, 5) is 20.0. The Bertz CT molecular complexity index is 654. The molecule has 0 unspecified atom stereocenters. The number of unbranched alkanes of at least 4 members (excludes halogenated alkanes) is 1. The lowest BCUT2D eigenvalue weighted by Crippen LogP contribution is -2.45. The predicted octanol–water partition coefficient (Wildman–Crippen LogP) is 3.22. The summed E-state index contributed by atoms with van der Waals surface area (Å²) in [6.45, 7) is 8.02. The second-order valence-electron chi connectivity index (χ2n) is 6.85. The van der Waals surface area contributed by atoms with Crippen molar-refractivity contribution >= 4 is 22.6 Å². The maximum Gasteiger partial charge on any atom is 0.241 e. The molecule has 0 fully saturated rings. The summed E-state index contributed by atoms with van der Waals surface area (Å²) < 4.78 is 0. The standard InChI is InChI=1S/C17H26N4O/c1-5-6-7-14-20-12-9-8-11(10-13(12)21-14)19-16(22)15(18)17(2,3)4/h8-10,15H,5-7,18H2,1-4H3,(H,19,22)(H,20,21)/t15-/m1/s1. The quantitative estimate of drug-likeness (QED) is 0.793. The van der Waals surface area contributed by atoms with Crippen LogP contribution in [-0.2, 0) is 11.2 Å². The molecule has 4 N–H and O–H groups in total. The van der Waals surface area contributed by atoms with Gasteiger partial charge in [0.2, 0.25) is 5.91 Å². The van der Waals surface area contributed by atoms with E-state index in [1.807, 2.05) is 39.0 Å². The van der Waals surface area contributed by atoms with Crippen LogP contribution in [0.4, 0.5) is 5.69 Å². The SMILES string of the molecule is CCCCc1nc2ccc(NC(=O)[C@@H](N)C(C)(C)C)cc2[nH]1. The molecule has 0 saturated heterocycles. The molecule has 0 aliphatic rings. The van der Waals surface area contributed by atoms with E-state index in [0.717, 1.165) is 41.8 Å². The molecule has 5 heteroatoms. The number of aromatic amines is 1. The number of carbonyl (C=O) groups excluding carboxylic acids is 1. The Labute approximate surface area is 131 Å². The van der Waals surface area contributed by atoms with Crippen LogP contribution in [0.25, 0.3) is 11.0 Å². The molecule has 0 radical (unpaired) electrons. The fraction of sp³-hybridized carbons (Fsp3) is 0.529. The summed E-state index contributed by atoms with van der Waals surface area (Å²) in [7, 11) is 0. The Morgan fingerprint density at radius 3 is 2.77 bits per heavy atom. The number of carbonyl (C=O) groups is 1. The molecule has 1 heterocycles. The van der Waals surface area contributed by atoms with Crippen LogP contribution in [0.5, 0.6) is 0 Å². The Hall–Kier alpha value is -1.88. The number of rotatable bonds is 5. The number of aromatic nitrogens is 2. The fourth-order valence-corrected chi connectivity index (χ4v) is 2.22. The Morgan fingerprint density at radius 2 is 2.14 bits per heavy atom. The molecular weight excluding hydrogens is 276 g/mol. The monoisotopic (exact) mass is 302 g/mol. The van der Waals surface area contributed by atoms with Crippen LogP contribution in [0.1, 0.15) is 46.4 Å². The second kappa shape index (κ2) is 6.48. The zero-order valence-electron chi connectivity index (χ0n) is 13.9. The number of aryl methyl sites for hydroxylation is 1. The van der Waals surface area contributed by atoms with Crippen molar-refractivity contribution in [3.63, 3.8) is 0 Å². The molecule has 120 valence electrons. The largest absolute Gasteiger partial charge is 0.342 e. The van der Waals surface area contributed by atoms with Gasteiger partial charge in [0.15, 0.2) is 0 Å². The van der Waals surface area contributed by atoms with Gasteiger partial charge in [-0.1, -0.05) is 34.1 Å². The number of nitrogens with two attached hydrogens (primary N) is 1. The highest BCUT2D eigenvalue weighted by Crippen LogP contribution is 2.21. The normalized spacial score (nSPS) is 13.3. The zero-order valence-corrected chi connectivity index (χ0v) is 13.9. The first-order valence-electron chi connectivity index (χ1n) is 7.86. The van der Waals surface area contributed by atoms with Gasteiger partial charge in [-0.15, -0.1) is 0 Å². The van der Waals surface area contributed by atoms with Gasteiger partial charge in [0.25, 0.3) is 0 Å². The number of anilines is 1. The molecule has 0 aliphatic heterocycles. The van der Waals surface area contributed by atoms with Crippen molar-refractivity contribution in [3.8, 4) is 0 Å². The number of H-pyrrole nitrogens is 1. The Balaban J connectivity index is 2.14. The van der Waals surface area contributed by atoms with E-state index >= 15 is 0 Å². The van der Waals surface area contributed by atoms with E-state index in [2.05, 4.69) is 22.2 Å². The van der Waals surface area contributed by atoms with Gasteiger partial charge in [0, 0.05) is 12.1 Å². The van der Waals surface area contributed by atoms with E-state index in [1.165, 1.54) is 0 Å². The van der Waals surface area contributed by atoms with Crippen LogP contribution >= 0.6 is 0 Å². The van der Waals surface area contributed by atoms with Gasteiger partial charge in [-0.2, -0.15) is 0 Å². The molecule has 0 spiro atoms. The number of amides is 1. The third-order valence-corrected chi connectivity index (χ3v) is 3.78. The summed E-state index contributed by atoms with van der Waals surface area (Å²) in [6, 6.07) is 5.13. The number of nitrogens with zero attached hydrogens (tertiary/aromatic N) is 1. The molecule has 1 aromatic carbocycles. The predicted molar refractivity (Wildman–Crippen MR) is 90.8 cm³/mol. The van der Waals surface area contributed by atoms with E-state index in [0.29, 0.717) is 0 Å². The van der Waals surface area contributed by atoms with E-state index in [-0.39, 0.29) is 11.3 Å². The zero-order chi connectivity index (χ0) is 16.3. The van der Waals surface area contributed by atoms with E-state index in [4.69, 9.17) is 5.73 Å². The first-order chi connectivity index (χ1) is 10.3. The third-order valence-electron chi connectivity index (χ3n) is 3.78. The van der Waals surface area contributed by atoms with Crippen LogP contribution in [0.2, 0.25) is 0 Å². The molecule has 1 atom stereocenters. The molecule has 2 rings (SSSR count). The van der Waals surface area contributed by atoms with Crippen molar-refractivity contribution in [1.82, 2.24) is 9.97 Å². The number of fused-ring (bicyclic) bond motifs is 1. The van der Waals surface area contributed by atoms with Gasteiger partial charge in [0.05, 0.1) is 17.1 Å². The molecule has 1 aromatic heterocycles. The van der Waals surface area contributed by atoms with Crippen LogP contribution in [0.3, 0.4) is 0 Å². The molecule has 22 heavy (non-hydrogen) atoms. The molecule has 1 amide bonds. The third kappa shape index (κ3) is 3.85. The summed E-state index contributed by atoms with van der Waals surface area (Å²) >= 11 is 0. The second-order valence-corrected chi connectivity index (χ2v) is 6.85. The lowest BCUT2D eigenvalue weighted by atomic mass is 9.87. The molecule has 5 nitrogen and oxygen atoms in total. The van der Waals surface area contributed by atoms with Crippen molar-refractivity contribution in [1.29, 1.82) is 0 Å². The van der Waals surface area contributed by atoms with E-state index in [9.17, 15) is 4.79 Å². The molecule has 0 bridgehead atoms. The van der Waals surface area contributed by atoms with Crippen molar-refractivity contribution in [3.05, 3.63) is 24.0 Å². The van der Waals surface area contributed by atoms with Crippen LogP contribution in [-0.4, -0.2) is 21.9 Å². The van der Waals surface area contributed by atoms with E-state index < -0.39 is 6.04 Å². The lowest BCUT2D eigenvalue weighted by Gasteiger charge is -2.25. The van der Waals surface area contributed by atoms with Crippen LogP contribution in [0.15, 0.2) is 18.2 Å². The number of imidazole rings is 1. The van der Waals surface area contributed by atoms with Gasteiger partial charge in [-0.05, 0) is 30.0 Å². The molecule has 0 saturated carbocycles. The first kappa shape index (κ1) is 16.5. The topological polar surface area (TPSA) is 83.8 Å². The minimum atomic E-state index is -0.551. The minimum Gasteiger partial charge on any atom is -0.342 e. The molecule has 0 aliphatic carbocycles. The highest BCUT2D eigenvalue weighted by atomic mass is 16.2. The average molecular weight is 302 g/mol. The van der Waals surface area contributed by atoms with Crippen LogP contribution < -0.4 is 11.1 Å². The lowest BCUT2D eigenvalue weighted by molar-refractivity contribution is -0.119. The van der Waals surface area contributed by atoms with Crippen molar-refractivity contribution in [2.75, 3.05) is 5.32 Å². The minimum absolute atomic E-state index is 0.169. The number of benzene rings is 1. The Kier molecular flexibility index (Phi) is 4.86. The highest BCUT2D eigenvalue weighted by Gasteiger charge is 2.27. The summed E-state index contributed by atoms with van der Waals surface area (Å²) in [5, 5.41) is 2.88. The smallest absolute Gasteiger partial charge is 0.241 e. The van der Waals surface area contributed by atoms with Gasteiger partial charge < -0.3 is 16.0 Å². The van der Waals surface area contributed by atoms with Crippen molar-refractivity contribution in [2.45, 2.75) is 53.0 Å². The maximum atomic E-state index is 12.2. The highest BCUT2D eigenvalue weighted by molar-refractivity contribution is 5.96. The number of hydrogen-bond acceptors (Lipinski definition) is 3. The Morgan fingerprint density at radius 1 is 1.41 bits per heavy atom.